The molecule has 2 aromatic carbocycles. The van der Waals surface area contributed by atoms with Gasteiger partial charge in [0.2, 0.25) is 11.8 Å². The zero-order valence-electron chi connectivity index (χ0n) is 17.9. The number of thioether (sulfide) groups is 1. The van der Waals surface area contributed by atoms with Crippen molar-refractivity contribution in [3.05, 3.63) is 54.6 Å². The van der Waals surface area contributed by atoms with E-state index in [2.05, 4.69) is 15.5 Å². The van der Waals surface area contributed by atoms with Crippen molar-refractivity contribution in [3.63, 3.8) is 0 Å². The molecule has 0 aliphatic carbocycles. The van der Waals surface area contributed by atoms with Crippen LogP contribution in [0.4, 0.5) is 11.4 Å². The number of nitrogens with one attached hydrogen (secondary N) is 1. The minimum atomic E-state index is -0.137. The van der Waals surface area contributed by atoms with Crippen molar-refractivity contribution < 1.29 is 14.3 Å². The second-order valence-corrected chi connectivity index (χ2v) is 8.29. The molecular formula is C23H25N5O3S. The van der Waals surface area contributed by atoms with E-state index in [4.69, 9.17) is 4.74 Å². The molecule has 9 heteroatoms. The predicted molar refractivity (Wildman–Crippen MR) is 125 cm³/mol. The fourth-order valence-corrected chi connectivity index (χ4v) is 4.32. The van der Waals surface area contributed by atoms with Gasteiger partial charge in [-0.25, -0.2) is 0 Å². The van der Waals surface area contributed by atoms with Gasteiger partial charge in [0.25, 0.3) is 0 Å². The Hall–Kier alpha value is -3.17. The number of benzene rings is 2. The molecule has 1 aliphatic heterocycles. The molecule has 0 unspecified atom stereocenters. The van der Waals surface area contributed by atoms with Gasteiger partial charge in [0.1, 0.15) is 0 Å². The first-order valence-corrected chi connectivity index (χ1v) is 11.4. The lowest BCUT2D eigenvalue weighted by atomic mass is 10.2. The Bertz CT molecular complexity index is 1070. The maximum atomic E-state index is 12.5. The second-order valence-electron chi connectivity index (χ2n) is 7.35. The number of methoxy groups -OCH3 is 1. The summed E-state index contributed by atoms with van der Waals surface area (Å²) in [5, 5.41) is 12.2. The number of nitrogens with zero attached hydrogens (tertiary/aromatic N) is 4. The van der Waals surface area contributed by atoms with Gasteiger partial charge >= 0.3 is 0 Å². The van der Waals surface area contributed by atoms with E-state index in [-0.39, 0.29) is 17.6 Å². The van der Waals surface area contributed by atoms with E-state index in [1.165, 1.54) is 11.8 Å². The molecule has 0 spiro atoms. The smallest absolute Gasteiger partial charge is 0.234 e. The van der Waals surface area contributed by atoms with Crippen LogP contribution in [-0.4, -0.2) is 52.6 Å². The number of carbonyl (C=O) groups excluding carboxylic acids is 2. The molecule has 1 fully saturated rings. The summed E-state index contributed by atoms with van der Waals surface area (Å²) in [6, 6.07) is 17.2. The third kappa shape index (κ3) is 5.17. The number of anilines is 2. The highest BCUT2D eigenvalue weighted by Gasteiger charge is 2.21. The molecule has 0 atom stereocenters. The van der Waals surface area contributed by atoms with Crippen molar-refractivity contribution in [3.8, 4) is 11.4 Å². The zero-order valence-corrected chi connectivity index (χ0v) is 18.7. The van der Waals surface area contributed by atoms with Gasteiger partial charge < -0.3 is 15.0 Å². The summed E-state index contributed by atoms with van der Waals surface area (Å²) < 4.78 is 7.20. The molecule has 0 radical (unpaired) electrons. The average molecular weight is 452 g/mol. The van der Waals surface area contributed by atoms with Crippen LogP contribution in [0.5, 0.6) is 0 Å². The van der Waals surface area contributed by atoms with Gasteiger partial charge in [0.05, 0.1) is 18.9 Å². The Morgan fingerprint density at radius 3 is 2.59 bits per heavy atom. The van der Waals surface area contributed by atoms with Crippen LogP contribution in [0.15, 0.2) is 59.8 Å². The molecule has 32 heavy (non-hydrogen) atoms. The van der Waals surface area contributed by atoms with Crippen molar-refractivity contribution in [1.29, 1.82) is 0 Å². The Morgan fingerprint density at radius 2 is 1.91 bits per heavy atom. The van der Waals surface area contributed by atoms with E-state index in [1.807, 2.05) is 59.2 Å². The molecule has 1 N–H and O–H groups in total. The second kappa shape index (κ2) is 10.4. The van der Waals surface area contributed by atoms with E-state index < -0.39 is 0 Å². The van der Waals surface area contributed by atoms with Crippen LogP contribution in [0.2, 0.25) is 0 Å². The Kier molecular flexibility index (Phi) is 7.18. The molecule has 0 bridgehead atoms. The lowest BCUT2D eigenvalue weighted by molar-refractivity contribution is -0.117. The molecule has 1 aliphatic rings. The van der Waals surface area contributed by atoms with Crippen molar-refractivity contribution in [2.45, 2.75) is 24.5 Å². The summed E-state index contributed by atoms with van der Waals surface area (Å²) in [5.74, 6) is 0.956. The monoisotopic (exact) mass is 451 g/mol. The standard InChI is InChI=1S/C23H25N5O3S/c1-31-15-14-28-22(17-6-3-2-4-7-17)25-26-23(28)32-16-20(29)24-18-9-11-19(12-10-18)27-13-5-8-21(27)30/h2-4,6-7,9-12H,5,8,13-16H2,1H3,(H,24,29). The first kappa shape index (κ1) is 22.0. The van der Waals surface area contributed by atoms with Crippen LogP contribution in [0.3, 0.4) is 0 Å². The fraction of sp³-hybridized carbons (Fsp3) is 0.304. The summed E-state index contributed by atoms with van der Waals surface area (Å²) in [6.07, 6.45) is 1.48. The van der Waals surface area contributed by atoms with Crippen molar-refractivity contribution in [2.24, 2.45) is 0 Å². The molecule has 0 saturated carbocycles. The Morgan fingerprint density at radius 1 is 1.12 bits per heavy atom. The Labute approximate surface area is 191 Å². The lowest BCUT2D eigenvalue weighted by Gasteiger charge is -2.16. The van der Waals surface area contributed by atoms with E-state index in [1.54, 1.807) is 12.0 Å². The highest BCUT2D eigenvalue weighted by Crippen LogP contribution is 2.25. The summed E-state index contributed by atoms with van der Waals surface area (Å²) in [7, 11) is 1.65. The molecule has 2 heterocycles. The van der Waals surface area contributed by atoms with E-state index in [9.17, 15) is 9.59 Å². The SMILES string of the molecule is COCCn1c(SCC(=O)Nc2ccc(N3CCCC3=O)cc2)nnc1-c1ccccc1. The van der Waals surface area contributed by atoms with Crippen LogP contribution in [0, 0.1) is 0 Å². The number of hydrogen-bond donors (Lipinski definition) is 1. The first-order valence-electron chi connectivity index (χ1n) is 10.5. The molecule has 1 aromatic heterocycles. The third-order valence-corrected chi connectivity index (χ3v) is 6.10. The Balaban J connectivity index is 1.38. The number of ether oxygens (including phenoxy) is 1. The molecule has 1 saturated heterocycles. The van der Waals surface area contributed by atoms with Gasteiger partial charge in [-0.3, -0.25) is 14.2 Å². The van der Waals surface area contributed by atoms with Gasteiger partial charge in [-0.2, -0.15) is 0 Å². The minimum Gasteiger partial charge on any atom is -0.383 e. The minimum absolute atomic E-state index is 0.137. The van der Waals surface area contributed by atoms with Crippen LogP contribution < -0.4 is 10.2 Å². The topological polar surface area (TPSA) is 89.4 Å². The van der Waals surface area contributed by atoms with Gasteiger partial charge in [-0.15, -0.1) is 10.2 Å². The van der Waals surface area contributed by atoms with Gasteiger partial charge in [0, 0.05) is 37.0 Å². The van der Waals surface area contributed by atoms with Crippen molar-refractivity contribution in [1.82, 2.24) is 14.8 Å². The summed E-state index contributed by atoms with van der Waals surface area (Å²) in [6.45, 7) is 1.85. The fourth-order valence-electron chi connectivity index (χ4n) is 3.55. The van der Waals surface area contributed by atoms with Crippen molar-refractivity contribution in [2.75, 3.05) is 36.2 Å². The molecule has 2 amide bonds. The first-order chi connectivity index (χ1) is 15.7. The lowest BCUT2D eigenvalue weighted by Crippen LogP contribution is -2.23. The third-order valence-electron chi connectivity index (χ3n) is 5.14. The quantitative estimate of drug-likeness (QED) is 0.501. The number of rotatable bonds is 9. The van der Waals surface area contributed by atoms with Gasteiger partial charge in [-0.1, -0.05) is 42.1 Å². The molecule has 4 rings (SSSR count). The number of hydrogen-bond acceptors (Lipinski definition) is 6. The van der Waals surface area contributed by atoms with Gasteiger partial charge in [0.15, 0.2) is 11.0 Å². The average Bonchev–Trinajstić information content (AvgIpc) is 3.43. The van der Waals surface area contributed by atoms with Crippen LogP contribution in [0.25, 0.3) is 11.4 Å². The summed E-state index contributed by atoms with van der Waals surface area (Å²) in [5.41, 5.74) is 2.51. The number of carbonyl (C=O) groups is 2. The normalized spacial score (nSPS) is 13.5. The molecule has 166 valence electrons. The molecule has 3 aromatic rings. The summed E-state index contributed by atoms with van der Waals surface area (Å²) >= 11 is 1.33. The maximum absolute atomic E-state index is 12.5. The highest BCUT2D eigenvalue weighted by atomic mass is 32.2. The largest absolute Gasteiger partial charge is 0.383 e. The van der Waals surface area contributed by atoms with E-state index in [0.29, 0.717) is 30.4 Å². The molecule has 8 nitrogen and oxygen atoms in total. The summed E-state index contributed by atoms with van der Waals surface area (Å²) in [4.78, 5) is 26.2. The maximum Gasteiger partial charge on any atom is 0.234 e. The van der Waals surface area contributed by atoms with Crippen molar-refractivity contribution >= 4 is 35.0 Å². The predicted octanol–water partition coefficient (Wildman–Crippen LogP) is 3.45. The molecular weight excluding hydrogens is 426 g/mol. The number of amides is 2. The van der Waals surface area contributed by atoms with Crippen LogP contribution in [0.1, 0.15) is 12.8 Å². The van der Waals surface area contributed by atoms with E-state index >= 15 is 0 Å². The van der Waals surface area contributed by atoms with Crippen LogP contribution >= 0.6 is 11.8 Å². The number of aromatic nitrogens is 3. The van der Waals surface area contributed by atoms with Crippen LogP contribution in [-0.2, 0) is 20.9 Å². The van der Waals surface area contributed by atoms with Gasteiger partial charge in [-0.05, 0) is 30.7 Å². The van der Waals surface area contributed by atoms with E-state index in [0.717, 1.165) is 30.0 Å². The zero-order chi connectivity index (χ0) is 22.3. The highest BCUT2D eigenvalue weighted by molar-refractivity contribution is 7.99.